The molecule has 1 N–H and O–H groups in total. The molecule has 0 saturated carbocycles. The van der Waals surface area contributed by atoms with Crippen LogP contribution in [0, 0.1) is 5.82 Å². The molecule has 0 spiro atoms. The van der Waals surface area contributed by atoms with Crippen LogP contribution in [0.5, 0.6) is 0 Å². The molecule has 0 unspecified atom stereocenters. The average molecular weight is 386 g/mol. The number of benzene rings is 1. The van der Waals surface area contributed by atoms with Gasteiger partial charge in [-0.15, -0.1) is 0 Å². The molecule has 1 aromatic carbocycles. The van der Waals surface area contributed by atoms with Crippen LogP contribution in [0.3, 0.4) is 0 Å². The van der Waals surface area contributed by atoms with Crippen molar-refractivity contribution >= 4 is 23.5 Å². The van der Waals surface area contributed by atoms with Gasteiger partial charge in [-0.2, -0.15) is 0 Å². The summed E-state index contributed by atoms with van der Waals surface area (Å²) in [5, 5.41) is 2.65. The Labute approximate surface area is 163 Å². The Bertz CT molecular complexity index is 837. The van der Waals surface area contributed by atoms with Crippen LogP contribution >= 0.6 is 0 Å². The number of hydrogen-bond donors (Lipinski definition) is 1. The number of carbonyl (C=O) groups excluding carboxylic acids is 2. The molecule has 2 amide bonds. The van der Waals surface area contributed by atoms with Gasteiger partial charge in [-0.25, -0.2) is 14.4 Å². The Kier molecular flexibility index (Phi) is 6.15. The first-order valence-electron chi connectivity index (χ1n) is 8.99. The fourth-order valence-electron chi connectivity index (χ4n) is 2.88. The summed E-state index contributed by atoms with van der Waals surface area (Å²) in [6.45, 7) is 3.39. The van der Waals surface area contributed by atoms with E-state index in [1.807, 2.05) is 0 Å². The van der Waals surface area contributed by atoms with Crippen LogP contribution in [0.4, 0.5) is 16.0 Å². The molecule has 3 rings (SSSR count). The van der Waals surface area contributed by atoms with Gasteiger partial charge in [-0.3, -0.25) is 9.59 Å². The van der Waals surface area contributed by atoms with Crippen LogP contribution in [0.1, 0.15) is 10.4 Å². The predicted octanol–water partition coefficient (Wildman–Crippen LogP) is 1.08. The highest BCUT2D eigenvalue weighted by molar-refractivity contribution is 5.99. The van der Waals surface area contributed by atoms with E-state index in [0.717, 1.165) is 31.1 Å². The molecule has 0 atom stereocenters. The van der Waals surface area contributed by atoms with Crippen LogP contribution < -0.4 is 10.2 Å². The SMILES string of the molecule is CN1CCN(c2ncc(NC(=O)CN(C)C(=O)c3ccccc3F)cn2)CC1. The highest BCUT2D eigenvalue weighted by atomic mass is 19.1. The number of nitrogens with one attached hydrogen (secondary N) is 1. The number of hydrogen-bond acceptors (Lipinski definition) is 6. The Morgan fingerprint density at radius 2 is 1.79 bits per heavy atom. The summed E-state index contributed by atoms with van der Waals surface area (Å²) < 4.78 is 13.7. The van der Waals surface area contributed by atoms with E-state index in [-0.39, 0.29) is 12.1 Å². The lowest BCUT2D eigenvalue weighted by atomic mass is 10.2. The molecular formula is C19H23FN6O2. The lowest BCUT2D eigenvalue weighted by Gasteiger charge is -2.32. The minimum atomic E-state index is -0.618. The number of nitrogens with zero attached hydrogens (tertiary/aromatic N) is 5. The number of amides is 2. The zero-order valence-corrected chi connectivity index (χ0v) is 15.9. The molecule has 0 bridgehead atoms. The Morgan fingerprint density at radius 1 is 1.14 bits per heavy atom. The molecule has 0 aliphatic carbocycles. The molecule has 0 radical (unpaired) electrons. The van der Waals surface area contributed by atoms with Gasteiger partial charge in [-0.05, 0) is 19.2 Å². The molecule has 1 saturated heterocycles. The minimum Gasteiger partial charge on any atom is -0.338 e. The van der Waals surface area contributed by atoms with Gasteiger partial charge in [0.2, 0.25) is 11.9 Å². The largest absolute Gasteiger partial charge is 0.338 e. The first-order chi connectivity index (χ1) is 13.4. The first kappa shape index (κ1) is 19.7. The van der Waals surface area contributed by atoms with Crippen molar-refractivity contribution in [3.05, 3.63) is 48.0 Å². The van der Waals surface area contributed by atoms with Gasteiger partial charge in [0.05, 0.1) is 30.2 Å². The van der Waals surface area contributed by atoms with Crippen molar-refractivity contribution in [1.29, 1.82) is 0 Å². The van der Waals surface area contributed by atoms with E-state index in [0.29, 0.717) is 11.6 Å². The van der Waals surface area contributed by atoms with Crippen LogP contribution in [0.2, 0.25) is 0 Å². The highest BCUT2D eigenvalue weighted by Crippen LogP contribution is 2.13. The number of halogens is 1. The van der Waals surface area contributed by atoms with Crippen molar-refractivity contribution in [3.8, 4) is 0 Å². The molecule has 148 valence electrons. The number of carbonyl (C=O) groups is 2. The summed E-state index contributed by atoms with van der Waals surface area (Å²) >= 11 is 0. The maximum Gasteiger partial charge on any atom is 0.257 e. The van der Waals surface area contributed by atoms with E-state index < -0.39 is 17.6 Å². The Hall–Kier alpha value is -3.07. The Morgan fingerprint density at radius 3 is 2.43 bits per heavy atom. The van der Waals surface area contributed by atoms with Crippen molar-refractivity contribution in [2.45, 2.75) is 0 Å². The standard InChI is InChI=1S/C19H23FN6O2/c1-24-7-9-26(10-8-24)19-21-11-14(12-22-19)23-17(27)13-25(2)18(28)15-5-3-4-6-16(15)20/h3-6,11-12H,7-10,13H2,1-2H3,(H,23,27). The number of piperazine rings is 1. The van der Waals surface area contributed by atoms with Gasteiger partial charge in [0.1, 0.15) is 5.82 Å². The smallest absolute Gasteiger partial charge is 0.257 e. The molecule has 28 heavy (non-hydrogen) atoms. The van der Waals surface area contributed by atoms with Gasteiger partial charge >= 0.3 is 0 Å². The number of rotatable bonds is 5. The monoisotopic (exact) mass is 386 g/mol. The van der Waals surface area contributed by atoms with Gasteiger partial charge in [0.15, 0.2) is 0 Å². The molecule has 1 aliphatic heterocycles. The van der Waals surface area contributed by atoms with Crippen molar-refractivity contribution < 1.29 is 14.0 Å². The second-order valence-corrected chi connectivity index (χ2v) is 6.75. The molecule has 8 nitrogen and oxygen atoms in total. The average Bonchev–Trinajstić information content (AvgIpc) is 2.69. The molecule has 1 aliphatic rings. The van der Waals surface area contributed by atoms with E-state index in [9.17, 15) is 14.0 Å². The summed E-state index contributed by atoms with van der Waals surface area (Å²) in [6.07, 6.45) is 3.08. The molecule has 1 fully saturated rings. The van der Waals surface area contributed by atoms with E-state index in [2.05, 4.69) is 32.1 Å². The fourth-order valence-corrected chi connectivity index (χ4v) is 2.88. The summed E-state index contributed by atoms with van der Waals surface area (Å²) in [5.41, 5.74) is 0.368. The van der Waals surface area contributed by atoms with Crippen molar-refractivity contribution in [1.82, 2.24) is 19.8 Å². The van der Waals surface area contributed by atoms with Crippen LogP contribution in [0.25, 0.3) is 0 Å². The second kappa shape index (κ2) is 8.75. The zero-order valence-electron chi connectivity index (χ0n) is 15.9. The van der Waals surface area contributed by atoms with Crippen molar-refractivity contribution in [3.63, 3.8) is 0 Å². The van der Waals surface area contributed by atoms with E-state index in [4.69, 9.17) is 0 Å². The van der Waals surface area contributed by atoms with Crippen LogP contribution in [0.15, 0.2) is 36.7 Å². The van der Waals surface area contributed by atoms with Gasteiger partial charge in [0, 0.05) is 33.2 Å². The highest BCUT2D eigenvalue weighted by Gasteiger charge is 2.19. The molecule has 2 aromatic rings. The maximum atomic E-state index is 13.7. The second-order valence-electron chi connectivity index (χ2n) is 6.75. The molecular weight excluding hydrogens is 363 g/mol. The lowest BCUT2D eigenvalue weighted by molar-refractivity contribution is -0.116. The van der Waals surface area contributed by atoms with Gasteiger partial charge < -0.3 is 20.0 Å². The third-order valence-corrected chi connectivity index (χ3v) is 4.54. The van der Waals surface area contributed by atoms with E-state index >= 15 is 0 Å². The van der Waals surface area contributed by atoms with Crippen molar-refractivity contribution in [2.75, 3.05) is 57.0 Å². The maximum absolute atomic E-state index is 13.7. The lowest BCUT2D eigenvalue weighted by Crippen LogP contribution is -2.45. The predicted molar refractivity (Wildman–Crippen MR) is 104 cm³/mol. The van der Waals surface area contributed by atoms with Gasteiger partial charge in [0.25, 0.3) is 5.91 Å². The zero-order chi connectivity index (χ0) is 20.1. The van der Waals surface area contributed by atoms with Crippen LogP contribution in [-0.2, 0) is 4.79 Å². The first-order valence-corrected chi connectivity index (χ1v) is 8.99. The third kappa shape index (κ3) is 4.80. The van der Waals surface area contributed by atoms with Gasteiger partial charge in [-0.1, -0.05) is 12.1 Å². The normalized spacial score (nSPS) is 14.6. The van der Waals surface area contributed by atoms with Crippen LogP contribution in [-0.4, -0.2) is 78.4 Å². The van der Waals surface area contributed by atoms with E-state index in [1.165, 1.54) is 37.6 Å². The molecule has 1 aromatic heterocycles. The van der Waals surface area contributed by atoms with Crippen molar-refractivity contribution in [2.24, 2.45) is 0 Å². The summed E-state index contributed by atoms with van der Waals surface area (Å²) in [5.74, 6) is -0.969. The number of aromatic nitrogens is 2. The van der Waals surface area contributed by atoms with E-state index in [1.54, 1.807) is 6.07 Å². The minimum absolute atomic E-state index is 0.0716. The summed E-state index contributed by atoms with van der Waals surface area (Å²) in [6, 6.07) is 5.67. The third-order valence-electron chi connectivity index (χ3n) is 4.54. The quantitative estimate of drug-likeness (QED) is 0.828. The fraction of sp³-hybridized carbons (Fsp3) is 0.368. The molecule has 2 heterocycles. The summed E-state index contributed by atoms with van der Waals surface area (Å²) in [4.78, 5) is 38.6. The number of anilines is 2. The summed E-state index contributed by atoms with van der Waals surface area (Å²) in [7, 11) is 3.52. The Balaban J connectivity index is 1.54. The number of likely N-dealkylation sites (N-methyl/N-ethyl adjacent to an activating group) is 2. The topological polar surface area (TPSA) is 81.7 Å². The molecule has 9 heteroatoms.